The Balaban J connectivity index is 1.41. The molecule has 0 saturated heterocycles. The molecule has 3 aromatic carbocycles. The third-order valence-corrected chi connectivity index (χ3v) is 14.6. The predicted octanol–water partition coefficient (Wildman–Crippen LogP) is 8.20. The highest BCUT2D eigenvalue weighted by Gasteiger charge is 2.52. The van der Waals surface area contributed by atoms with Crippen LogP contribution in [0, 0.1) is 3.57 Å². The standard InChI is InChI=1S/C36H44IN3O3Si/c1-35(2,3)40-33(38-34(41)42-25-26-16-10-7-11-17-26)31(37)32(39-40)27-22-23-28(24-27)43-44(36(4,5)6,29-18-12-8-13-19-29)30-20-14-9-15-21-30/h7-21,27-28H,22-25H2,1-6H3,(H,38,41). The lowest BCUT2D eigenvalue weighted by Crippen LogP contribution is -2.67. The Morgan fingerprint density at radius 2 is 1.43 bits per heavy atom. The van der Waals surface area contributed by atoms with E-state index in [1.54, 1.807) is 0 Å². The molecule has 0 radical (unpaired) electrons. The van der Waals surface area contributed by atoms with Gasteiger partial charge in [-0.1, -0.05) is 112 Å². The van der Waals surface area contributed by atoms with Crippen LogP contribution in [0.1, 0.15) is 78.0 Å². The largest absolute Gasteiger partial charge is 0.444 e. The highest BCUT2D eigenvalue weighted by Crippen LogP contribution is 2.44. The van der Waals surface area contributed by atoms with E-state index in [0.717, 1.165) is 34.1 Å². The molecule has 2 atom stereocenters. The lowest BCUT2D eigenvalue weighted by atomic mass is 10.0. The highest BCUT2D eigenvalue weighted by molar-refractivity contribution is 14.1. The molecule has 1 amide bonds. The minimum absolute atomic E-state index is 0.0762. The van der Waals surface area contributed by atoms with E-state index in [2.05, 4.69) is 130 Å². The Labute approximate surface area is 276 Å². The van der Waals surface area contributed by atoms with Crippen LogP contribution in [0.5, 0.6) is 0 Å². The zero-order chi connectivity index (χ0) is 31.5. The number of nitrogens with one attached hydrogen (secondary N) is 1. The average Bonchev–Trinajstić information content (AvgIpc) is 3.59. The monoisotopic (exact) mass is 721 g/mol. The SMILES string of the molecule is CC(C)(C)n1nc(C2CCC(O[Si](c3ccccc3)(c3ccccc3)C(C)(C)C)C2)c(I)c1NC(=O)OCc1ccccc1. The molecule has 1 fully saturated rings. The first kappa shape index (κ1) is 32.4. The summed E-state index contributed by atoms with van der Waals surface area (Å²) in [6.45, 7) is 13.5. The molecule has 2 unspecified atom stereocenters. The zero-order valence-corrected chi connectivity index (χ0v) is 29.8. The molecular formula is C36H44IN3O3Si. The van der Waals surface area contributed by atoms with E-state index >= 15 is 0 Å². The van der Waals surface area contributed by atoms with Crippen LogP contribution in [-0.4, -0.2) is 30.3 Å². The van der Waals surface area contributed by atoms with Gasteiger partial charge >= 0.3 is 6.09 Å². The molecule has 232 valence electrons. The molecule has 1 N–H and O–H groups in total. The average molecular weight is 722 g/mol. The number of amides is 1. The number of carbonyl (C=O) groups excluding carboxylic acids is 1. The van der Waals surface area contributed by atoms with Crippen molar-refractivity contribution in [2.24, 2.45) is 0 Å². The number of halogens is 1. The van der Waals surface area contributed by atoms with Crippen LogP contribution >= 0.6 is 22.6 Å². The number of anilines is 1. The smallest absolute Gasteiger partial charge is 0.413 e. The van der Waals surface area contributed by atoms with Crippen molar-refractivity contribution in [3.63, 3.8) is 0 Å². The summed E-state index contributed by atoms with van der Waals surface area (Å²) in [4.78, 5) is 12.9. The summed E-state index contributed by atoms with van der Waals surface area (Å²) in [5.41, 5.74) is 1.64. The first-order valence-corrected chi connectivity index (χ1v) is 18.4. The zero-order valence-electron chi connectivity index (χ0n) is 26.6. The molecule has 1 aliphatic rings. The van der Waals surface area contributed by atoms with Crippen LogP contribution in [0.25, 0.3) is 0 Å². The van der Waals surface area contributed by atoms with Gasteiger partial charge in [0, 0.05) is 12.0 Å². The molecule has 0 bridgehead atoms. The first-order valence-electron chi connectivity index (χ1n) is 15.5. The van der Waals surface area contributed by atoms with Gasteiger partial charge in [-0.3, -0.25) is 5.32 Å². The number of carbonyl (C=O) groups is 1. The fraction of sp³-hybridized carbons (Fsp3) is 0.389. The van der Waals surface area contributed by atoms with Crippen LogP contribution in [-0.2, 0) is 21.3 Å². The van der Waals surface area contributed by atoms with Crippen LogP contribution in [0.4, 0.5) is 10.6 Å². The summed E-state index contributed by atoms with van der Waals surface area (Å²) in [6.07, 6.45) is 2.46. The summed E-state index contributed by atoms with van der Waals surface area (Å²) < 4.78 is 15.9. The van der Waals surface area contributed by atoms with Crippen molar-refractivity contribution in [3.05, 3.63) is 106 Å². The third-order valence-electron chi connectivity index (χ3n) is 8.45. The van der Waals surface area contributed by atoms with Gasteiger partial charge in [-0.25, -0.2) is 9.48 Å². The number of ether oxygens (including phenoxy) is 1. The summed E-state index contributed by atoms with van der Waals surface area (Å²) >= 11 is 2.35. The second-order valence-electron chi connectivity index (χ2n) is 13.7. The molecule has 0 aliphatic heterocycles. The fourth-order valence-electron chi connectivity index (χ4n) is 6.36. The molecule has 1 heterocycles. The van der Waals surface area contributed by atoms with E-state index < -0.39 is 14.4 Å². The summed E-state index contributed by atoms with van der Waals surface area (Å²) in [7, 11) is -2.65. The molecule has 1 aliphatic carbocycles. The van der Waals surface area contributed by atoms with Gasteiger partial charge in [0.1, 0.15) is 12.4 Å². The van der Waals surface area contributed by atoms with Crippen molar-refractivity contribution in [1.82, 2.24) is 9.78 Å². The molecule has 1 saturated carbocycles. The first-order chi connectivity index (χ1) is 20.9. The van der Waals surface area contributed by atoms with E-state index in [1.807, 2.05) is 35.0 Å². The van der Waals surface area contributed by atoms with E-state index in [9.17, 15) is 4.79 Å². The molecule has 8 heteroatoms. The predicted molar refractivity (Wildman–Crippen MR) is 189 cm³/mol. The Morgan fingerprint density at radius 1 is 0.886 bits per heavy atom. The molecule has 1 aromatic heterocycles. The van der Waals surface area contributed by atoms with Gasteiger partial charge in [-0.15, -0.1) is 0 Å². The van der Waals surface area contributed by atoms with Gasteiger partial charge < -0.3 is 9.16 Å². The van der Waals surface area contributed by atoms with Crippen molar-refractivity contribution in [2.45, 2.75) is 90.0 Å². The minimum atomic E-state index is -2.65. The molecule has 4 aromatic rings. The van der Waals surface area contributed by atoms with Crippen molar-refractivity contribution < 1.29 is 14.0 Å². The summed E-state index contributed by atoms with van der Waals surface area (Å²) in [5, 5.41) is 10.7. The molecule has 6 nitrogen and oxygen atoms in total. The summed E-state index contributed by atoms with van der Waals surface area (Å²) in [5.74, 6) is 0.914. The maximum atomic E-state index is 12.9. The summed E-state index contributed by atoms with van der Waals surface area (Å²) in [6, 6.07) is 31.4. The van der Waals surface area contributed by atoms with Crippen molar-refractivity contribution in [1.29, 1.82) is 0 Å². The molecule has 5 rings (SSSR count). The Morgan fingerprint density at radius 3 is 1.95 bits per heavy atom. The molecular weight excluding hydrogens is 677 g/mol. The van der Waals surface area contributed by atoms with E-state index in [1.165, 1.54) is 10.4 Å². The van der Waals surface area contributed by atoms with E-state index in [0.29, 0.717) is 5.82 Å². The number of rotatable bonds is 8. The van der Waals surface area contributed by atoms with Gasteiger partial charge in [0.2, 0.25) is 0 Å². The number of nitrogens with zero attached hydrogens (tertiary/aromatic N) is 2. The minimum Gasteiger partial charge on any atom is -0.444 e. The van der Waals surface area contributed by atoms with Gasteiger partial charge in [-0.05, 0) is 83.6 Å². The van der Waals surface area contributed by atoms with Crippen LogP contribution in [0.2, 0.25) is 5.04 Å². The lowest BCUT2D eigenvalue weighted by Gasteiger charge is -2.44. The lowest BCUT2D eigenvalue weighted by molar-refractivity contribution is 0.154. The van der Waals surface area contributed by atoms with E-state index in [4.69, 9.17) is 14.3 Å². The Kier molecular flexibility index (Phi) is 9.72. The Hall–Kier alpha value is -2.95. The van der Waals surface area contributed by atoms with Gasteiger partial charge in [0.15, 0.2) is 0 Å². The second kappa shape index (κ2) is 13.2. The highest BCUT2D eigenvalue weighted by atomic mass is 127. The Bertz CT molecular complexity index is 1510. The number of hydrogen-bond acceptors (Lipinski definition) is 4. The van der Waals surface area contributed by atoms with Crippen molar-refractivity contribution >= 4 is 53.2 Å². The normalized spacial score (nSPS) is 17.4. The number of benzene rings is 3. The van der Waals surface area contributed by atoms with Crippen LogP contribution in [0.15, 0.2) is 91.0 Å². The quantitative estimate of drug-likeness (QED) is 0.147. The van der Waals surface area contributed by atoms with Crippen molar-refractivity contribution in [2.75, 3.05) is 5.32 Å². The maximum Gasteiger partial charge on any atom is 0.413 e. The number of aromatic nitrogens is 2. The number of hydrogen-bond donors (Lipinski definition) is 1. The molecule has 0 spiro atoms. The van der Waals surface area contributed by atoms with Gasteiger partial charge in [0.25, 0.3) is 8.32 Å². The fourth-order valence-corrected chi connectivity index (χ4v) is 12.0. The maximum absolute atomic E-state index is 12.9. The molecule has 44 heavy (non-hydrogen) atoms. The second-order valence-corrected chi connectivity index (χ2v) is 19.1. The van der Waals surface area contributed by atoms with Gasteiger partial charge in [-0.2, -0.15) is 5.10 Å². The van der Waals surface area contributed by atoms with Crippen LogP contribution < -0.4 is 15.7 Å². The van der Waals surface area contributed by atoms with Crippen molar-refractivity contribution in [3.8, 4) is 0 Å². The van der Waals surface area contributed by atoms with Gasteiger partial charge in [0.05, 0.1) is 14.8 Å². The van der Waals surface area contributed by atoms with Crippen LogP contribution in [0.3, 0.4) is 0 Å². The van der Waals surface area contributed by atoms with E-state index in [-0.39, 0.29) is 29.2 Å². The topological polar surface area (TPSA) is 65.4 Å². The third kappa shape index (κ3) is 6.82.